The summed E-state index contributed by atoms with van der Waals surface area (Å²) >= 11 is 0. The van der Waals surface area contributed by atoms with Crippen molar-refractivity contribution in [3.05, 3.63) is 173 Å². The molecular weight excluding hydrogens is 1370 g/mol. The van der Waals surface area contributed by atoms with Crippen molar-refractivity contribution < 1.29 is 85.6 Å². The Morgan fingerprint density at radius 3 is 0.389 bits per heavy atom. The maximum atomic E-state index is 12.5. The minimum atomic E-state index is -0.449. The van der Waals surface area contributed by atoms with Gasteiger partial charge in [-0.15, -0.1) is 0 Å². The predicted octanol–water partition coefficient (Wildman–Crippen LogP) is 17.0. The van der Waals surface area contributed by atoms with Crippen LogP contribution in [0.1, 0.15) is 266 Å². The minimum Gasteiger partial charge on any atom is -0.489 e. The smallest absolute Gasteiger partial charge is 0.302 e. The van der Waals surface area contributed by atoms with Gasteiger partial charge in [0, 0.05) is 80.1 Å². The molecule has 0 saturated heterocycles. The highest BCUT2D eigenvalue weighted by molar-refractivity contribution is 5.68. The van der Waals surface area contributed by atoms with Crippen LogP contribution in [-0.2, 0) is 128 Å². The van der Waals surface area contributed by atoms with Crippen molar-refractivity contribution in [2.75, 3.05) is 79.3 Å². The van der Waals surface area contributed by atoms with Crippen LogP contribution in [0.2, 0.25) is 0 Å². The molecule has 18 nitrogen and oxygen atoms in total. The van der Waals surface area contributed by atoms with Crippen LogP contribution < -0.4 is 28.4 Å². The van der Waals surface area contributed by atoms with Gasteiger partial charge < -0.3 is 56.8 Å². The molecule has 7 rings (SSSR count). The second kappa shape index (κ2) is 36.4. The predicted molar refractivity (Wildman–Crippen MR) is 420 cm³/mol. The van der Waals surface area contributed by atoms with Crippen LogP contribution in [0, 0.1) is 0 Å². The third-order valence-corrected chi connectivity index (χ3v) is 18.7. The summed E-state index contributed by atoms with van der Waals surface area (Å²) in [7, 11) is 0. The highest BCUT2D eigenvalue weighted by atomic mass is 16.6. The molecule has 0 heterocycles. The van der Waals surface area contributed by atoms with E-state index < -0.39 is 68.3 Å². The topological polar surface area (TPSA) is 213 Å². The summed E-state index contributed by atoms with van der Waals surface area (Å²) < 4.78 is 76.2. The minimum absolute atomic E-state index is 0.00880. The molecule has 12 bridgehead atoms. The molecule has 0 spiro atoms. The van der Waals surface area contributed by atoms with E-state index in [1.807, 2.05) is 0 Å². The van der Waals surface area contributed by atoms with Crippen molar-refractivity contribution in [1.29, 1.82) is 0 Å². The molecule has 6 aromatic rings. The quantitative estimate of drug-likeness (QED) is 0.0312. The van der Waals surface area contributed by atoms with E-state index in [0.29, 0.717) is 34.5 Å². The van der Waals surface area contributed by atoms with Crippen molar-refractivity contribution in [2.45, 2.75) is 237 Å². The third kappa shape index (κ3) is 25.0. The van der Waals surface area contributed by atoms with Crippen molar-refractivity contribution in [1.82, 2.24) is 0 Å². The molecule has 0 aliphatic heterocycles. The lowest BCUT2D eigenvalue weighted by atomic mass is 9.79. The van der Waals surface area contributed by atoms with E-state index in [9.17, 15) is 28.8 Å². The number of esters is 6. The second-order valence-corrected chi connectivity index (χ2v) is 34.4. The summed E-state index contributed by atoms with van der Waals surface area (Å²) in [6.07, 6.45) is 1.57. The first-order valence-corrected chi connectivity index (χ1v) is 37.8. The van der Waals surface area contributed by atoms with E-state index in [4.69, 9.17) is 56.8 Å². The molecule has 0 unspecified atom stereocenters. The number of carbonyl (C=O) groups excluding carboxylic acids is 6. The molecule has 588 valence electrons. The van der Waals surface area contributed by atoms with Crippen LogP contribution in [0.5, 0.6) is 34.5 Å². The van der Waals surface area contributed by atoms with E-state index in [1.165, 1.54) is 41.5 Å². The van der Waals surface area contributed by atoms with Gasteiger partial charge in [0.25, 0.3) is 0 Å². The van der Waals surface area contributed by atoms with Crippen molar-refractivity contribution in [2.24, 2.45) is 0 Å². The zero-order valence-corrected chi connectivity index (χ0v) is 69.0. The fourth-order valence-corrected chi connectivity index (χ4v) is 13.0. The summed E-state index contributed by atoms with van der Waals surface area (Å²) in [6.45, 7) is 47.3. The average molecular weight is 1490 g/mol. The summed E-state index contributed by atoms with van der Waals surface area (Å²) in [4.78, 5) is 75.1. The Kier molecular flexibility index (Phi) is 29.1. The zero-order chi connectivity index (χ0) is 80.0. The third-order valence-electron chi connectivity index (χ3n) is 18.7. The zero-order valence-electron chi connectivity index (χ0n) is 69.0. The van der Waals surface area contributed by atoms with Gasteiger partial charge in [-0.25, -0.2) is 0 Å². The van der Waals surface area contributed by atoms with Crippen molar-refractivity contribution in [3.63, 3.8) is 0 Å². The molecule has 0 fully saturated rings. The lowest BCUT2D eigenvalue weighted by Gasteiger charge is -2.29. The number of rotatable bonds is 24. The molecule has 18 heteroatoms. The Bertz CT molecular complexity index is 3370. The fourth-order valence-electron chi connectivity index (χ4n) is 13.0. The van der Waals surface area contributed by atoms with Gasteiger partial charge in [0.15, 0.2) is 0 Å². The Hall–Kier alpha value is -9.06. The molecule has 6 aromatic carbocycles. The Morgan fingerprint density at radius 2 is 0.306 bits per heavy atom. The number of carbonyl (C=O) groups is 6. The largest absolute Gasteiger partial charge is 0.489 e. The summed E-state index contributed by atoms with van der Waals surface area (Å²) in [5.74, 6) is 0.701. The Labute approximate surface area is 642 Å². The molecule has 0 N–H and O–H groups in total. The molecule has 1 aliphatic carbocycles. The van der Waals surface area contributed by atoms with Gasteiger partial charge in [0.2, 0.25) is 0 Å². The second-order valence-electron chi connectivity index (χ2n) is 34.4. The SMILES string of the molecule is CC(=O)OCCOc1c2cc(C(C)(C)C)cc1Cc1cc(C(C)(C)C)cc(c1OCCOC(C)=O)Cc1cc(C(C)(C)C)cc(c1OCCOC(C)=O)Cc1cc(C(C)(C)C)cc(c1OCCOC(C)=O)Cc1cc(C(C)(C)C)cc(c1OCCOC(C)=O)Cc1cc(C(C)(C)C)cc(c1OCCOC(C)=O)C2. The summed E-state index contributed by atoms with van der Waals surface area (Å²) in [5.41, 5.74) is 13.3. The average Bonchev–Trinajstić information content (AvgIpc) is 0.772. The molecule has 1 aliphatic rings. The number of ether oxygens (including phenoxy) is 12. The van der Waals surface area contributed by atoms with Gasteiger partial charge >= 0.3 is 35.8 Å². The van der Waals surface area contributed by atoms with Gasteiger partial charge in [0.1, 0.15) is 114 Å². The number of hydrogen-bond donors (Lipinski definition) is 0. The monoisotopic (exact) mass is 1490 g/mol. The van der Waals surface area contributed by atoms with Gasteiger partial charge in [-0.05, 0) is 133 Å². The van der Waals surface area contributed by atoms with Crippen molar-refractivity contribution in [3.8, 4) is 34.5 Å². The normalized spacial score (nSPS) is 12.9. The highest BCUT2D eigenvalue weighted by Crippen LogP contribution is 2.47. The van der Waals surface area contributed by atoms with E-state index >= 15 is 0 Å². The van der Waals surface area contributed by atoms with E-state index in [1.54, 1.807) is 0 Å². The van der Waals surface area contributed by atoms with Crippen molar-refractivity contribution >= 4 is 35.8 Å². The fraction of sp³-hybridized carbons (Fsp3) is 0.533. The lowest BCUT2D eigenvalue weighted by Crippen LogP contribution is -2.19. The van der Waals surface area contributed by atoms with Crippen LogP contribution in [0.15, 0.2) is 72.8 Å². The first-order valence-electron chi connectivity index (χ1n) is 37.8. The number of hydrogen-bond acceptors (Lipinski definition) is 18. The Balaban J connectivity index is 1.78. The van der Waals surface area contributed by atoms with Gasteiger partial charge in [-0.3, -0.25) is 28.8 Å². The highest BCUT2D eigenvalue weighted by Gasteiger charge is 2.32. The lowest BCUT2D eigenvalue weighted by molar-refractivity contribution is -0.142. The first kappa shape index (κ1) is 86.2. The summed E-state index contributed by atoms with van der Waals surface area (Å²) in [5, 5.41) is 0. The van der Waals surface area contributed by atoms with E-state index in [2.05, 4.69) is 197 Å². The van der Waals surface area contributed by atoms with Gasteiger partial charge in [-0.1, -0.05) is 197 Å². The van der Waals surface area contributed by atoms with Gasteiger partial charge in [0.05, 0.1) is 0 Å². The molecular formula is C90H120O18. The molecule has 0 amide bonds. The van der Waals surface area contributed by atoms with Crippen LogP contribution >= 0.6 is 0 Å². The maximum absolute atomic E-state index is 12.5. The number of benzene rings is 6. The van der Waals surface area contributed by atoms with Crippen LogP contribution in [0.4, 0.5) is 0 Å². The molecule has 0 aromatic heterocycles. The molecule has 0 atom stereocenters. The van der Waals surface area contributed by atoms with Gasteiger partial charge in [-0.2, -0.15) is 0 Å². The summed E-state index contributed by atoms with van der Waals surface area (Å²) in [6, 6.07) is 26.3. The molecule has 108 heavy (non-hydrogen) atoms. The van der Waals surface area contributed by atoms with Crippen LogP contribution in [0.25, 0.3) is 0 Å². The van der Waals surface area contributed by atoms with E-state index in [-0.39, 0.29) is 118 Å². The first-order chi connectivity index (χ1) is 50.3. The van der Waals surface area contributed by atoms with E-state index in [0.717, 1.165) is 100 Å². The van der Waals surface area contributed by atoms with Crippen LogP contribution in [-0.4, -0.2) is 115 Å². The number of fused-ring (bicyclic) bond motifs is 12. The maximum Gasteiger partial charge on any atom is 0.302 e. The van der Waals surface area contributed by atoms with Crippen LogP contribution in [0.3, 0.4) is 0 Å². The molecule has 0 saturated carbocycles. The molecule has 0 radical (unpaired) electrons. The Morgan fingerprint density at radius 1 is 0.204 bits per heavy atom. The standard InChI is InChI=1S/C90H120O18/c1-55(91)97-25-31-103-79-61-37-63-45-74(86(10,11)12)47-65(80(63)104-32-26-98-56(2)92)39-67-49-76(88(16,17)18)51-69(82(67)106-34-28-100-58(4)94)41-71-53-78(90(22,23)24)54-72(84(71)108-36-30-102-60(6)96)42-70-52-77(89(19,20)21)50-68(83(70)107-35-29-101-59(5)95)40-66-48-75(87(13,14)15)46-64(81(66)105-33-27-99-57(3)93)38-62(79)44-73(43-61)85(7,8)9/h43-54H,25-42H2,1-24H3.